The Hall–Kier alpha value is -1.71. The minimum absolute atomic E-state index is 0.195. The molecule has 0 saturated carbocycles. The van der Waals surface area contributed by atoms with Crippen molar-refractivity contribution in [3.05, 3.63) is 23.8 Å². The summed E-state index contributed by atoms with van der Waals surface area (Å²) in [5.41, 5.74) is 7.04. The summed E-state index contributed by atoms with van der Waals surface area (Å²) in [6, 6.07) is 5.58. The molecule has 0 unspecified atom stereocenters. The fraction of sp³-hybridized carbons (Fsp3) is 0.533. The van der Waals surface area contributed by atoms with E-state index < -0.39 is 5.60 Å². The highest BCUT2D eigenvalue weighted by atomic mass is 16.6. The lowest BCUT2D eigenvalue weighted by Gasteiger charge is -2.19. The maximum absolute atomic E-state index is 11.5. The lowest BCUT2D eigenvalue weighted by Crippen LogP contribution is -2.23. The van der Waals surface area contributed by atoms with E-state index in [-0.39, 0.29) is 5.97 Å². The lowest BCUT2D eigenvalue weighted by atomic mass is 10.2. The van der Waals surface area contributed by atoms with Gasteiger partial charge in [0.25, 0.3) is 0 Å². The molecule has 0 saturated heterocycles. The third kappa shape index (κ3) is 6.70. The lowest BCUT2D eigenvalue weighted by molar-refractivity contribution is -0.155. The van der Waals surface area contributed by atoms with E-state index in [2.05, 4.69) is 0 Å². The molecule has 0 atom stereocenters. The molecule has 0 spiro atoms. The van der Waals surface area contributed by atoms with Gasteiger partial charge in [0.15, 0.2) is 0 Å². The average Bonchev–Trinajstić information content (AvgIpc) is 2.20. The van der Waals surface area contributed by atoms with Crippen LogP contribution in [-0.2, 0) is 9.53 Å². The molecule has 0 heterocycles. The number of aryl methyl sites for hydroxylation is 1. The zero-order valence-electron chi connectivity index (χ0n) is 12.2. The van der Waals surface area contributed by atoms with Gasteiger partial charge >= 0.3 is 5.97 Å². The number of ether oxygens (including phenoxy) is 2. The van der Waals surface area contributed by atoms with E-state index in [1.165, 1.54) is 0 Å². The normalized spacial score (nSPS) is 11.2. The zero-order valence-corrected chi connectivity index (χ0v) is 12.2. The average molecular weight is 265 g/mol. The van der Waals surface area contributed by atoms with Crippen LogP contribution in [0.1, 0.15) is 39.2 Å². The Morgan fingerprint density at radius 2 is 1.95 bits per heavy atom. The van der Waals surface area contributed by atoms with Crippen LogP contribution < -0.4 is 10.5 Å². The van der Waals surface area contributed by atoms with E-state index >= 15 is 0 Å². The van der Waals surface area contributed by atoms with Crippen LogP contribution in [0.25, 0.3) is 0 Å². The largest absolute Gasteiger partial charge is 0.493 e. The topological polar surface area (TPSA) is 61.5 Å². The molecule has 4 heteroatoms. The van der Waals surface area contributed by atoms with Gasteiger partial charge in [-0.05, 0) is 51.8 Å². The van der Waals surface area contributed by atoms with Gasteiger partial charge in [-0.15, -0.1) is 0 Å². The summed E-state index contributed by atoms with van der Waals surface area (Å²) < 4.78 is 10.8. The highest BCUT2D eigenvalue weighted by Crippen LogP contribution is 2.18. The van der Waals surface area contributed by atoms with Gasteiger partial charge in [-0.3, -0.25) is 4.79 Å². The first kappa shape index (κ1) is 15.3. The molecule has 106 valence electrons. The first-order valence-electron chi connectivity index (χ1n) is 6.48. The van der Waals surface area contributed by atoms with Crippen molar-refractivity contribution in [2.24, 2.45) is 0 Å². The highest BCUT2D eigenvalue weighted by Gasteiger charge is 2.15. The second-order valence-corrected chi connectivity index (χ2v) is 5.62. The zero-order chi connectivity index (χ0) is 14.5. The van der Waals surface area contributed by atoms with E-state index in [0.29, 0.717) is 25.1 Å². The van der Waals surface area contributed by atoms with Crippen LogP contribution in [0.5, 0.6) is 5.75 Å². The first-order valence-corrected chi connectivity index (χ1v) is 6.48. The van der Waals surface area contributed by atoms with Gasteiger partial charge in [-0.1, -0.05) is 0 Å². The van der Waals surface area contributed by atoms with Crippen molar-refractivity contribution in [1.29, 1.82) is 0 Å². The maximum atomic E-state index is 11.5. The van der Waals surface area contributed by atoms with Gasteiger partial charge in [-0.2, -0.15) is 0 Å². The van der Waals surface area contributed by atoms with Crippen molar-refractivity contribution in [2.75, 3.05) is 12.3 Å². The predicted molar refractivity (Wildman–Crippen MR) is 76.2 cm³/mol. The van der Waals surface area contributed by atoms with Crippen molar-refractivity contribution in [3.63, 3.8) is 0 Å². The first-order chi connectivity index (χ1) is 8.76. The van der Waals surface area contributed by atoms with Crippen molar-refractivity contribution >= 4 is 11.7 Å². The summed E-state index contributed by atoms with van der Waals surface area (Å²) in [6.07, 6.45) is 0.987. The Bertz CT molecular complexity index is 415. The molecule has 0 fully saturated rings. The summed E-state index contributed by atoms with van der Waals surface area (Å²) >= 11 is 0. The molecule has 2 N–H and O–H groups in total. The van der Waals surface area contributed by atoms with Crippen LogP contribution in [0, 0.1) is 6.92 Å². The Kier molecular flexibility index (Phi) is 5.21. The molecule has 19 heavy (non-hydrogen) atoms. The quantitative estimate of drug-likeness (QED) is 0.505. The molecule has 0 aliphatic rings. The molecule has 1 aromatic rings. The van der Waals surface area contributed by atoms with E-state index in [1.54, 1.807) is 6.07 Å². The standard InChI is InChI=1S/C15H23NO3/c1-11-8-12(16)10-13(9-11)18-7-5-6-14(17)19-15(2,3)4/h8-10H,5-7,16H2,1-4H3. The number of anilines is 1. The molecule has 0 radical (unpaired) electrons. The van der Waals surface area contributed by atoms with Gasteiger partial charge in [0, 0.05) is 18.2 Å². The van der Waals surface area contributed by atoms with E-state index in [0.717, 1.165) is 11.3 Å². The summed E-state index contributed by atoms with van der Waals surface area (Å²) in [6.45, 7) is 8.01. The third-order valence-electron chi connectivity index (χ3n) is 2.29. The highest BCUT2D eigenvalue weighted by molar-refractivity contribution is 5.69. The smallest absolute Gasteiger partial charge is 0.306 e. The SMILES string of the molecule is Cc1cc(N)cc(OCCCC(=O)OC(C)(C)C)c1. The molecular formula is C15H23NO3. The van der Waals surface area contributed by atoms with Crippen molar-refractivity contribution in [2.45, 2.75) is 46.1 Å². The molecule has 0 amide bonds. The number of nitrogen functional groups attached to an aromatic ring is 1. The second-order valence-electron chi connectivity index (χ2n) is 5.62. The maximum Gasteiger partial charge on any atom is 0.306 e. The van der Waals surface area contributed by atoms with Crippen molar-refractivity contribution < 1.29 is 14.3 Å². The minimum atomic E-state index is -0.428. The number of hydrogen-bond acceptors (Lipinski definition) is 4. The fourth-order valence-electron chi connectivity index (χ4n) is 1.66. The van der Waals surface area contributed by atoms with Crippen molar-refractivity contribution in [3.8, 4) is 5.75 Å². The fourth-order valence-corrected chi connectivity index (χ4v) is 1.66. The molecule has 4 nitrogen and oxygen atoms in total. The molecule has 0 aromatic heterocycles. The Morgan fingerprint density at radius 3 is 2.53 bits per heavy atom. The van der Waals surface area contributed by atoms with Crippen LogP contribution in [0.3, 0.4) is 0 Å². The number of nitrogens with two attached hydrogens (primary N) is 1. The number of benzene rings is 1. The summed E-state index contributed by atoms with van der Waals surface area (Å²) in [5.74, 6) is 0.543. The van der Waals surface area contributed by atoms with Gasteiger partial charge in [0.1, 0.15) is 11.4 Å². The summed E-state index contributed by atoms with van der Waals surface area (Å²) in [4.78, 5) is 11.5. The van der Waals surface area contributed by atoms with Gasteiger partial charge in [0.2, 0.25) is 0 Å². The Balaban J connectivity index is 2.29. The van der Waals surface area contributed by atoms with Crippen LogP contribution >= 0.6 is 0 Å². The molecule has 0 aliphatic heterocycles. The van der Waals surface area contributed by atoms with E-state index in [4.69, 9.17) is 15.2 Å². The van der Waals surface area contributed by atoms with Gasteiger partial charge in [0.05, 0.1) is 6.61 Å². The minimum Gasteiger partial charge on any atom is -0.493 e. The van der Waals surface area contributed by atoms with Crippen LogP contribution in [0.15, 0.2) is 18.2 Å². The number of carbonyl (C=O) groups is 1. The second kappa shape index (κ2) is 6.45. The summed E-state index contributed by atoms with van der Waals surface area (Å²) in [5, 5.41) is 0. The van der Waals surface area contributed by atoms with E-state index in [1.807, 2.05) is 39.8 Å². The number of hydrogen-bond donors (Lipinski definition) is 1. The van der Waals surface area contributed by atoms with Gasteiger partial charge in [-0.25, -0.2) is 0 Å². The molecular weight excluding hydrogens is 242 g/mol. The Labute approximate surface area is 114 Å². The predicted octanol–water partition coefficient (Wildman–Crippen LogP) is 3.08. The molecule has 1 rings (SSSR count). The van der Waals surface area contributed by atoms with Crippen LogP contribution in [0.2, 0.25) is 0 Å². The number of rotatable bonds is 5. The third-order valence-corrected chi connectivity index (χ3v) is 2.29. The van der Waals surface area contributed by atoms with Crippen LogP contribution in [-0.4, -0.2) is 18.2 Å². The number of carbonyl (C=O) groups excluding carboxylic acids is 1. The Morgan fingerprint density at radius 1 is 1.26 bits per heavy atom. The van der Waals surface area contributed by atoms with E-state index in [9.17, 15) is 4.79 Å². The van der Waals surface area contributed by atoms with Gasteiger partial charge < -0.3 is 15.2 Å². The number of esters is 1. The van der Waals surface area contributed by atoms with Crippen LogP contribution in [0.4, 0.5) is 5.69 Å². The molecule has 0 bridgehead atoms. The van der Waals surface area contributed by atoms with Crippen molar-refractivity contribution in [1.82, 2.24) is 0 Å². The molecule has 0 aliphatic carbocycles. The summed E-state index contributed by atoms with van der Waals surface area (Å²) in [7, 11) is 0. The molecule has 1 aromatic carbocycles. The monoisotopic (exact) mass is 265 g/mol.